The molecule has 0 aromatic heterocycles. The molecule has 0 rings (SSSR count). The molecule has 5 N–H and O–H groups in total. The minimum atomic E-state index is -1.17. The highest BCUT2D eigenvalue weighted by atomic mass is 32.2. The Hall–Kier alpha value is -1.28. The molecule has 0 heterocycles. The Kier molecular flexibility index (Phi) is 9.83. The Bertz CT molecular complexity index is 339. The zero-order valence-electron chi connectivity index (χ0n) is 11.8. The Balaban J connectivity index is 4.29. The highest BCUT2D eigenvalue weighted by Gasteiger charge is 2.23. The number of rotatable bonds is 10. The molecular formula is C12H23N3O4S. The summed E-state index contributed by atoms with van der Waals surface area (Å²) in [7, 11) is 0. The van der Waals surface area contributed by atoms with E-state index in [4.69, 9.17) is 10.8 Å². The predicted octanol–water partition coefficient (Wildman–Crippen LogP) is -0.447. The average molecular weight is 305 g/mol. The van der Waals surface area contributed by atoms with Gasteiger partial charge < -0.3 is 21.5 Å². The van der Waals surface area contributed by atoms with Crippen LogP contribution in [0.25, 0.3) is 0 Å². The van der Waals surface area contributed by atoms with Crippen molar-refractivity contribution >= 4 is 29.5 Å². The van der Waals surface area contributed by atoms with Crippen molar-refractivity contribution in [1.82, 2.24) is 10.6 Å². The number of hydrogen-bond acceptors (Lipinski definition) is 5. The van der Waals surface area contributed by atoms with E-state index in [0.29, 0.717) is 13.0 Å². The normalized spacial score (nSPS) is 13.3. The van der Waals surface area contributed by atoms with Gasteiger partial charge in [-0.15, -0.1) is 0 Å². The van der Waals surface area contributed by atoms with E-state index in [9.17, 15) is 14.4 Å². The molecule has 7 nitrogen and oxygen atoms in total. The average Bonchev–Trinajstić information content (AvgIpc) is 2.40. The number of carbonyl (C=O) groups is 3. The first-order valence-corrected chi connectivity index (χ1v) is 7.86. The van der Waals surface area contributed by atoms with Crippen LogP contribution < -0.4 is 16.4 Å². The van der Waals surface area contributed by atoms with Gasteiger partial charge in [0.15, 0.2) is 0 Å². The number of carboxylic acid groups (broad SMARTS) is 1. The molecule has 0 aromatic rings. The summed E-state index contributed by atoms with van der Waals surface area (Å²) in [6.45, 7) is 2.27. The van der Waals surface area contributed by atoms with Crippen LogP contribution in [-0.4, -0.2) is 53.5 Å². The fraction of sp³-hybridized carbons (Fsp3) is 0.750. The van der Waals surface area contributed by atoms with Crippen molar-refractivity contribution in [2.75, 3.05) is 18.6 Å². The number of hydrogen-bond donors (Lipinski definition) is 4. The Morgan fingerprint density at radius 3 is 2.45 bits per heavy atom. The molecule has 0 aliphatic carbocycles. The third kappa shape index (κ3) is 8.00. The molecule has 0 bridgehead atoms. The first kappa shape index (κ1) is 18.7. The third-order valence-electron chi connectivity index (χ3n) is 2.62. The monoisotopic (exact) mass is 305 g/mol. The summed E-state index contributed by atoms with van der Waals surface area (Å²) in [5.74, 6) is -1.17. The lowest BCUT2D eigenvalue weighted by Crippen LogP contribution is -2.48. The first-order valence-electron chi connectivity index (χ1n) is 6.46. The summed E-state index contributed by atoms with van der Waals surface area (Å²) in [5, 5.41) is 14.0. The highest BCUT2D eigenvalue weighted by Crippen LogP contribution is 2.02. The van der Waals surface area contributed by atoms with E-state index in [1.807, 2.05) is 6.26 Å². The van der Waals surface area contributed by atoms with E-state index in [-0.39, 0.29) is 18.7 Å². The standard InChI is InChI=1S/C12H23N3O4S/c1-3-14-10(16)5-4-9(12(18)19)15-11(17)8(13)6-7-20-2/h8-9H,3-7,13H2,1-2H3,(H,14,16)(H,15,17)(H,18,19)/t8-,9-/m0/s1. The number of carboxylic acids is 1. The highest BCUT2D eigenvalue weighted by molar-refractivity contribution is 7.98. The number of carbonyl (C=O) groups excluding carboxylic acids is 2. The van der Waals surface area contributed by atoms with Gasteiger partial charge in [-0.3, -0.25) is 9.59 Å². The molecule has 2 amide bonds. The van der Waals surface area contributed by atoms with Crippen molar-refractivity contribution in [3.8, 4) is 0 Å². The third-order valence-corrected chi connectivity index (χ3v) is 3.26. The van der Waals surface area contributed by atoms with Gasteiger partial charge in [-0.2, -0.15) is 11.8 Å². The van der Waals surface area contributed by atoms with Crippen molar-refractivity contribution in [2.24, 2.45) is 5.73 Å². The Labute approximate surface area is 123 Å². The maximum atomic E-state index is 11.7. The van der Waals surface area contributed by atoms with Gasteiger partial charge in [0.2, 0.25) is 11.8 Å². The number of nitrogens with two attached hydrogens (primary N) is 1. The lowest BCUT2D eigenvalue weighted by molar-refractivity contribution is -0.142. The summed E-state index contributed by atoms with van der Waals surface area (Å²) >= 11 is 1.56. The second kappa shape index (κ2) is 10.5. The van der Waals surface area contributed by atoms with Crippen LogP contribution in [0, 0.1) is 0 Å². The molecular weight excluding hydrogens is 282 g/mol. The molecule has 116 valence electrons. The molecule has 8 heteroatoms. The van der Waals surface area contributed by atoms with E-state index in [2.05, 4.69) is 10.6 Å². The van der Waals surface area contributed by atoms with Gasteiger partial charge >= 0.3 is 5.97 Å². The van der Waals surface area contributed by atoms with E-state index < -0.39 is 24.0 Å². The van der Waals surface area contributed by atoms with Crippen LogP contribution in [-0.2, 0) is 14.4 Å². The maximum Gasteiger partial charge on any atom is 0.326 e. The second-order valence-electron chi connectivity index (χ2n) is 4.28. The summed E-state index contributed by atoms with van der Waals surface area (Å²) < 4.78 is 0. The molecule has 0 aliphatic rings. The van der Waals surface area contributed by atoms with Crippen molar-refractivity contribution in [3.05, 3.63) is 0 Å². The predicted molar refractivity (Wildman–Crippen MR) is 78.5 cm³/mol. The SMILES string of the molecule is CCNC(=O)CC[C@H](NC(=O)[C@@H](N)CCSC)C(=O)O. The number of aliphatic carboxylic acids is 1. The van der Waals surface area contributed by atoms with Gasteiger partial charge in [0.05, 0.1) is 6.04 Å². The lowest BCUT2D eigenvalue weighted by Gasteiger charge is -2.17. The van der Waals surface area contributed by atoms with E-state index in [1.54, 1.807) is 18.7 Å². The fourth-order valence-electron chi connectivity index (χ4n) is 1.47. The molecule has 0 fully saturated rings. The van der Waals surface area contributed by atoms with Crippen LogP contribution >= 0.6 is 11.8 Å². The molecule has 0 unspecified atom stereocenters. The number of thioether (sulfide) groups is 1. The van der Waals surface area contributed by atoms with E-state index in [0.717, 1.165) is 5.75 Å². The topological polar surface area (TPSA) is 122 Å². The molecule has 0 saturated heterocycles. The number of amides is 2. The maximum absolute atomic E-state index is 11.7. The molecule has 20 heavy (non-hydrogen) atoms. The summed E-state index contributed by atoms with van der Waals surface area (Å²) in [6.07, 6.45) is 2.47. The minimum absolute atomic E-state index is 0.0438. The second-order valence-corrected chi connectivity index (χ2v) is 5.27. The summed E-state index contributed by atoms with van der Waals surface area (Å²) in [6, 6.07) is -1.82. The van der Waals surface area contributed by atoms with Crippen LogP contribution in [0.1, 0.15) is 26.2 Å². The van der Waals surface area contributed by atoms with Gasteiger partial charge in [0, 0.05) is 13.0 Å². The van der Waals surface area contributed by atoms with Crippen LogP contribution in [0.2, 0.25) is 0 Å². The van der Waals surface area contributed by atoms with E-state index >= 15 is 0 Å². The minimum Gasteiger partial charge on any atom is -0.480 e. The van der Waals surface area contributed by atoms with Crippen molar-refractivity contribution in [3.63, 3.8) is 0 Å². The van der Waals surface area contributed by atoms with E-state index in [1.165, 1.54) is 0 Å². The Morgan fingerprint density at radius 1 is 1.30 bits per heavy atom. The van der Waals surface area contributed by atoms with Crippen LogP contribution in [0.4, 0.5) is 0 Å². The van der Waals surface area contributed by atoms with Gasteiger partial charge in [-0.25, -0.2) is 4.79 Å². The zero-order valence-corrected chi connectivity index (χ0v) is 12.7. The van der Waals surface area contributed by atoms with Crippen LogP contribution in [0.5, 0.6) is 0 Å². The lowest BCUT2D eigenvalue weighted by atomic mass is 10.1. The van der Waals surface area contributed by atoms with Crippen LogP contribution in [0.15, 0.2) is 0 Å². The van der Waals surface area contributed by atoms with Crippen LogP contribution in [0.3, 0.4) is 0 Å². The quantitative estimate of drug-likeness (QED) is 0.434. The first-order chi connectivity index (χ1) is 9.42. The van der Waals surface area contributed by atoms with Crippen molar-refractivity contribution < 1.29 is 19.5 Å². The smallest absolute Gasteiger partial charge is 0.326 e. The largest absolute Gasteiger partial charge is 0.480 e. The molecule has 0 aromatic carbocycles. The van der Waals surface area contributed by atoms with Gasteiger partial charge in [0.1, 0.15) is 6.04 Å². The molecule has 0 saturated carbocycles. The van der Waals surface area contributed by atoms with Crippen molar-refractivity contribution in [1.29, 1.82) is 0 Å². The molecule has 0 spiro atoms. The van der Waals surface area contributed by atoms with Gasteiger partial charge in [0.25, 0.3) is 0 Å². The van der Waals surface area contributed by atoms with Gasteiger partial charge in [-0.1, -0.05) is 0 Å². The van der Waals surface area contributed by atoms with Gasteiger partial charge in [-0.05, 0) is 31.8 Å². The molecule has 0 aliphatic heterocycles. The van der Waals surface area contributed by atoms with Crippen molar-refractivity contribution in [2.45, 2.75) is 38.3 Å². The Morgan fingerprint density at radius 2 is 1.95 bits per heavy atom. The molecule has 2 atom stereocenters. The summed E-state index contributed by atoms with van der Waals surface area (Å²) in [5.41, 5.74) is 5.66. The summed E-state index contributed by atoms with van der Waals surface area (Å²) in [4.78, 5) is 34.1. The number of nitrogens with one attached hydrogen (secondary N) is 2. The fourth-order valence-corrected chi connectivity index (χ4v) is 1.96. The zero-order chi connectivity index (χ0) is 15.5. The molecule has 0 radical (unpaired) electrons.